The third-order valence-corrected chi connectivity index (χ3v) is 6.03. The highest BCUT2D eigenvalue weighted by atomic mass is 19.4. The molecule has 168 valence electrons. The molecule has 9 heteroatoms. The summed E-state index contributed by atoms with van der Waals surface area (Å²) >= 11 is 0. The number of morpholine rings is 1. The highest BCUT2D eigenvalue weighted by Gasteiger charge is 2.34. The Morgan fingerprint density at radius 3 is 2.68 bits per heavy atom. The molecule has 0 bridgehead atoms. The zero-order valence-electron chi connectivity index (χ0n) is 17.7. The summed E-state index contributed by atoms with van der Waals surface area (Å²) in [6, 6.07) is 7.93. The van der Waals surface area contributed by atoms with Crippen LogP contribution in [0.3, 0.4) is 0 Å². The minimum Gasteiger partial charge on any atom is -0.378 e. The molecule has 0 spiro atoms. The van der Waals surface area contributed by atoms with Crippen molar-refractivity contribution in [3.05, 3.63) is 47.7 Å². The largest absolute Gasteiger partial charge is 0.416 e. The predicted octanol–water partition coefficient (Wildman–Crippen LogP) is 3.43. The van der Waals surface area contributed by atoms with Gasteiger partial charge in [-0.05, 0) is 37.1 Å². The molecule has 0 amide bonds. The van der Waals surface area contributed by atoms with Crippen molar-refractivity contribution in [1.29, 1.82) is 0 Å². The highest BCUT2D eigenvalue weighted by molar-refractivity contribution is 5.44. The van der Waals surface area contributed by atoms with Gasteiger partial charge in [0.15, 0.2) is 0 Å². The van der Waals surface area contributed by atoms with Crippen molar-refractivity contribution in [3.63, 3.8) is 0 Å². The van der Waals surface area contributed by atoms with Crippen LogP contribution in [0.2, 0.25) is 0 Å². The van der Waals surface area contributed by atoms with Crippen molar-refractivity contribution in [2.45, 2.75) is 31.6 Å². The molecule has 2 fully saturated rings. The molecule has 0 aliphatic carbocycles. The van der Waals surface area contributed by atoms with Crippen LogP contribution < -0.4 is 9.80 Å². The number of ether oxygens (including phenoxy) is 1. The number of aromatic nitrogens is 2. The number of benzene rings is 1. The number of likely N-dealkylation sites (N-methyl/N-ethyl adjacent to an activating group) is 1. The SMILES string of the molecule is CN(c1ccnc(N2CCOCC2)n1)C1CCCN(Cc2ccccc2C(F)(F)F)C1. The van der Waals surface area contributed by atoms with E-state index >= 15 is 0 Å². The van der Waals surface area contributed by atoms with Crippen molar-refractivity contribution in [3.8, 4) is 0 Å². The Kier molecular flexibility index (Phi) is 6.62. The van der Waals surface area contributed by atoms with Crippen LogP contribution in [-0.4, -0.2) is 67.4 Å². The zero-order valence-corrected chi connectivity index (χ0v) is 17.7. The summed E-state index contributed by atoms with van der Waals surface area (Å²) in [4.78, 5) is 15.5. The van der Waals surface area contributed by atoms with Gasteiger partial charge in [-0.1, -0.05) is 18.2 Å². The van der Waals surface area contributed by atoms with Crippen LogP contribution in [0, 0.1) is 0 Å². The van der Waals surface area contributed by atoms with E-state index in [2.05, 4.69) is 19.7 Å². The summed E-state index contributed by atoms with van der Waals surface area (Å²) < 4.78 is 45.5. The van der Waals surface area contributed by atoms with E-state index < -0.39 is 11.7 Å². The lowest BCUT2D eigenvalue weighted by Gasteiger charge is -2.38. The molecule has 0 N–H and O–H groups in total. The van der Waals surface area contributed by atoms with E-state index in [0.29, 0.717) is 37.8 Å². The maximum absolute atomic E-state index is 13.4. The first-order valence-corrected chi connectivity index (χ1v) is 10.7. The van der Waals surface area contributed by atoms with Crippen molar-refractivity contribution in [2.24, 2.45) is 0 Å². The number of anilines is 2. The molecule has 31 heavy (non-hydrogen) atoms. The minimum absolute atomic E-state index is 0.180. The summed E-state index contributed by atoms with van der Waals surface area (Å²) in [6.07, 6.45) is -0.654. The van der Waals surface area contributed by atoms with Crippen LogP contribution in [0.15, 0.2) is 36.5 Å². The summed E-state index contributed by atoms with van der Waals surface area (Å²) in [5.74, 6) is 1.53. The first-order chi connectivity index (χ1) is 14.9. The van der Waals surface area contributed by atoms with E-state index in [1.54, 1.807) is 18.3 Å². The van der Waals surface area contributed by atoms with E-state index in [-0.39, 0.29) is 6.04 Å². The monoisotopic (exact) mass is 435 g/mol. The predicted molar refractivity (Wildman–Crippen MR) is 113 cm³/mol. The molecule has 1 aromatic heterocycles. The lowest BCUT2D eigenvalue weighted by molar-refractivity contribution is -0.138. The van der Waals surface area contributed by atoms with Gasteiger partial charge in [-0.2, -0.15) is 18.2 Å². The first-order valence-electron chi connectivity index (χ1n) is 10.7. The molecule has 0 saturated carbocycles. The van der Waals surface area contributed by atoms with Gasteiger partial charge in [0, 0.05) is 45.5 Å². The van der Waals surface area contributed by atoms with E-state index in [0.717, 1.165) is 44.4 Å². The maximum Gasteiger partial charge on any atom is 0.416 e. The Labute approximate surface area is 180 Å². The summed E-state index contributed by atoms with van der Waals surface area (Å²) in [5.41, 5.74) is -0.216. The molecular weight excluding hydrogens is 407 g/mol. The third kappa shape index (κ3) is 5.27. The Hall–Kier alpha value is -2.39. The average molecular weight is 435 g/mol. The molecule has 1 atom stereocenters. The van der Waals surface area contributed by atoms with Crippen LogP contribution >= 0.6 is 0 Å². The van der Waals surface area contributed by atoms with Crippen LogP contribution in [-0.2, 0) is 17.5 Å². The minimum atomic E-state index is -4.33. The normalized spacial score (nSPS) is 20.6. The van der Waals surface area contributed by atoms with Crippen molar-refractivity contribution < 1.29 is 17.9 Å². The Balaban J connectivity index is 1.44. The Morgan fingerprint density at radius 2 is 1.90 bits per heavy atom. The molecule has 1 unspecified atom stereocenters. The van der Waals surface area contributed by atoms with Crippen LogP contribution in [0.5, 0.6) is 0 Å². The van der Waals surface area contributed by atoms with Crippen LogP contribution in [0.1, 0.15) is 24.0 Å². The van der Waals surface area contributed by atoms with E-state index in [1.165, 1.54) is 6.07 Å². The molecular formula is C22H28F3N5O. The lowest BCUT2D eigenvalue weighted by atomic mass is 10.0. The second-order valence-corrected chi connectivity index (χ2v) is 8.11. The number of hydrogen-bond acceptors (Lipinski definition) is 6. The highest BCUT2D eigenvalue weighted by Crippen LogP contribution is 2.33. The average Bonchev–Trinajstić information content (AvgIpc) is 2.79. The number of alkyl halides is 3. The molecule has 0 radical (unpaired) electrons. The number of halogens is 3. The molecule has 2 aliphatic rings. The maximum atomic E-state index is 13.4. The topological polar surface area (TPSA) is 44.7 Å². The fourth-order valence-corrected chi connectivity index (χ4v) is 4.30. The van der Waals surface area contributed by atoms with Crippen molar-refractivity contribution in [2.75, 3.05) is 56.2 Å². The smallest absolute Gasteiger partial charge is 0.378 e. The molecule has 2 saturated heterocycles. The molecule has 2 aromatic rings. The van der Waals surface area contributed by atoms with Gasteiger partial charge < -0.3 is 14.5 Å². The van der Waals surface area contributed by atoms with Gasteiger partial charge in [-0.3, -0.25) is 4.90 Å². The van der Waals surface area contributed by atoms with Gasteiger partial charge in [0.1, 0.15) is 5.82 Å². The fourth-order valence-electron chi connectivity index (χ4n) is 4.30. The van der Waals surface area contributed by atoms with Gasteiger partial charge in [-0.25, -0.2) is 4.98 Å². The Morgan fingerprint density at radius 1 is 1.13 bits per heavy atom. The van der Waals surface area contributed by atoms with Crippen molar-refractivity contribution in [1.82, 2.24) is 14.9 Å². The fraction of sp³-hybridized carbons (Fsp3) is 0.545. The van der Waals surface area contributed by atoms with Crippen LogP contribution in [0.4, 0.5) is 24.9 Å². The Bertz CT molecular complexity index is 872. The number of nitrogens with zero attached hydrogens (tertiary/aromatic N) is 5. The number of piperidine rings is 1. The molecule has 1 aromatic carbocycles. The van der Waals surface area contributed by atoms with Gasteiger partial charge in [0.2, 0.25) is 5.95 Å². The number of hydrogen-bond donors (Lipinski definition) is 0. The van der Waals surface area contributed by atoms with E-state index in [4.69, 9.17) is 9.72 Å². The van der Waals surface area contributed by atoms with E-state index in [1.807, 2.05) is 13.1 Å². The lowest BCUT2D eigenvalue weighted by Crippen LogP contribution is -2.46. The van der Waals surface area contributed by atoms with Gasteiger partial charge >= 0.3 is 6.18 Å². The summed E-state index contributed by atoms with van der Waals surface area (Å²) in [5, 5.41) is 0. The quantitative estimate of drug-likeness (QED) is 0.717. The molecule has 6 nitrogen and oxygen atoms in total. The second-order valence-electron chi connectivity index (χ2n) is 8.11. The van der Waals surface area contributed by atoms with Crippen LogP contribution in [0.25, 0.3) is 0 Å². The van der Waals surface area contributed by atoms with Crippen molar-refractivity contribution >= 4 is 11.8 Å². The zero-order chi connectivity index (χ0) is 21.8. The standard InChI is InChI=1S/C22H28F3N5O/c1-28(20-8-9-26-21(27-20)30-11-13-31-14-12-30)18-6-4-10-29(16-18)15-17-5-2-3-7-19(17)22(23,24)25/h2-3,5,7-9,18H,4,6,10-16H2,1H3. The molecule has 4 rings (SSSR count). The number of likely N-dealkylation sites (tertiary alicyclic amines) is 1. The summed E-state index contributed by atoms with van der Waals surface area (Å²) in [7, 11) is 2.00. The number of rotatable bonds is 5. The molecule has 2 aliphatic heterocycles. The third-order valence-electron chi connectivity index (χ3n) is 6.03. The molecule has 3 heterocycles. The van der Waals surface area contributed by atoms with Gasteiger partial charge in [0.25, 0.3) is 0 Å². The van der Waals surface area contributed by atoms with Gasteiger partial charge in [0.05, 0.1) is 18.8 Å². The first kappa shape index (κ1) is 21.8. The second kappa shape index (κ2) is 9.40. The van der Waals surface area contributed by atoms with E-state index in [9.17, 15) is 13.2 Å². The summed E-state index contributed by atoms with van der Waals surface area (Å²) in [6.45, 7) is 4.65. The van der Waals surface area contributed by atoms with Gasteiger partial charge in [-0.15, -0.1) is 0 Å².